The minimum Gasteiger partial charge on any atom is -0.497 e. The maximum atomic E-state index is 5.37. The van der Waals surface area contributed by atoms with Crippen molar-refractivity contribution in [2.45, 2.75) is 18.4 Å². The summed E-state index contributed by atoms with van der Waals surface area (Å²) in [4.78, 5) is 2.51. The van der Waals surface area contributed by atoms with E-state index >= 15 is 0 Å². The van der Waals surface area contributed by atoms with Gasteiger partial charge in [0.05, 0.1) is 14.2 Å². The molecule has 1 aliphatic rings. The lowest BCUT2D eigenvalue weighted by atomic mass is 9.87. The van der Waals surface area contributed by atoms with Gasteiger partial charge in [0.25, 0.3) is 0 Å². The molecule has 0 radical (unpaired) electrons. The number of ether oxygens (including phenoxy) is 2. The standard InChI is InChI=1S/C22H25N3O2/c1-26-18-8-6-17(7-9-18)20-14-25(15-21(20)22-10-11-23-24-22)13-16-4-3-5-19(12-16)27-2/h3-12,20-21H,13-15H2,1-2H3,(H,23,24)/t20-,21+/m0/s1. The van der Waals surface area contributed by atoms with Crippen molar-refractivity contribution in [2.24, 2.45) is 0 Å². The lowest BCUT2D eigenvalue weighted by molar-refractivity contribution is 0.322. The molecule has 3 aromatic rings. The summed E-state index contributed by atoms with van der Waals surface area (Å²) in [5.74, 6) is 2.61. The van der Waals surface area contributed by atoms with Gasteiger partial charge in [-0.25, -0.2) is 0 Å². The highest BCUT2D eigenvalue weighted by atomic mass is 16.5. The second-order valence-electron chi connectivity index (χ2n) is 7.04. The van der Waals surface area contributed by atoms with Crippen LogP contribution in [0.25, 0.3) is 0 Å². The first-order valence-corrected chi connectivity index (χ1v) is 9.25. The summed E-state index contributed by atoms with van der Waals surface area (Å²) in [6, 6.07) is 18.9. The topological polar surface area (TPSA) is 50.4 Å². The van der Waals surface area contributed by atoms with E-state index in [0.717, 1.165) is 31.1 Å². The van der Waals surface area contributed by atoms with E-state index in [1.165, 1.54) is 16.8 Å². The highest BCUT2D eigenvalue weighted by Gasteiger charge is 2.35. The van der Waals surface area contributed by atoms with Crippen LogP contribution in [0.4, 0.5) is 0 Å². The van der Waals surface area contributed by atoms with Gasteiger partial charge in [0.1, 0.15) is 11.5 Å². The predicted octanol–water partition coefficient (Wildman–Crippen LogP) is 3.81. The minimum atomic E-state index is 0.395. The number of nitrogens with one attached hydrogen (secondary N) is 1. The number of nitrogens with zero attached hydrogens (tertiary/aromatic N) is 2. The van der Waals surface area contributed by atoms with Gasteiger partial charge in [-0.2, -0.15) is 5.10 Å². The summed E-state index contributed by atoms with van der Waals surface area (Å²) in [5.41, 5.74) is 3.81. The Labute approximate surface area is 159 Å². The van der Waals surface area contributed by atoms with Crippen LogP contribution in [0.3, 0.4) is 0 Å². The molecule has 1 N–H and O–H groups in total. The Morgan fingerprint density at radius 1 is 0.963 bits per heavy atom. The molecule has 0 bridgehead atoms. The van der Waals surface area contributed by atoms with Crippen LogP contribution in [0, 0.1) is 0 Å². The van der Waals surface area contributed by atoms with E-state index in [1.54, 1.807) is 14.2 Å². The fraction of sp³-hybridized carbons (Fsp3) is 0.318. The van der Waals surface area contributed by atoms with Gasteiger partial charge < -0.3 is 9.47 Å². The number of methoxy groups -OCH3 is 2. The Balaban J connectivity index is 1.57. The summed E-state index contributed by atoms with van der Waals surface area (Å²) in [6.07, 6.45) is 1.84. The molecule has 1 aromatic heterocycles. The predicted molar refractivity (Wildman–Crippen MR) is 105 cm³/mol. The fourth-order valence-corrected chi connectivity index (χ4v) is 4.02. The molecular formula is C22H25N3O2. The number of H-pyrrole nitrogens is 1. The molecule has 0 spiro atoms. The molecule has 2 heterocycles. The highest BCUT2D eigenvalue weighted by molar-refractivity contribution is 5.34. The smallest absolute Gasteiger partial charge is 0.119 e. The second-order valence-corrected chi connectivity index (χ2v) is 7.04. The summed E-state index contributed by atoms with van der Waals surface area (Å²) >= 11 is 0. The minimum absolute atomic E-state index is 0.395. The maximum absolute atomic E-state index is 5.37. The van der Waals surface area contributed by atoms with Crippen LogP contribution in [0.15, 0.2) is 60.8 Å². The van der Waals surface area contributed by atoms with E-state index in [1.807, 2.05) is 24.4 Å². The van der Waals surface area contributed by atoms with Gasteiger partial charge in [0.15, 0.2) is 0 Å². The van der Waals surface area contributed by atoms with Crippen LogP contribution < -0.4 is 9.47 Å². The number of aromatic nitrogens is 2. The first kappa shape index (κ1) is 17.6. The number of hydrogen-bond donors (Lipinski definition) is 1. The molecule has 4 rings (SSSR count). The van der Waals surface area contributed by atoms with Crippen LogP contribution in [-0.2, 0) is 6.54 Å². The molecule has 0 unspecified atom stereocenters. The molecule has 27 heavy (non-hydrogen) atoms. The molecule has 1 saturated heterocycles. The van der Waals surface area contributed by atoms with E-state index in [4.69, 9.17) is 9.47 Å². The monoisotopic (exact) mass is 363 g/mol. The zero-order chi connectivity index (χ0) is 18.6. The van der Waals surface area contributed by atoms with Crippen molar-refractivity contribution in [3.8, 4) is 11.5 Å². The van der Waals surface area contributed by atoms with E-state index in [-0.39, 0.29) is 0 Å². The molecule has 140 valence electrons. The van der Waals surface area contributed by atoms with Crippen LogP contribution in [0.2, 0.25) is 0 Å². The first-order chi connectivity index (χ1) is 13.3. The fourth-order valence-electron chi connectivity index (χ4n) is 4.02. The lowest BCUT2D eigenvalue weighted by Gasteiger charge is -2.18. The number of likely N-dealkylation sites (tertiary alicyclic amines) is 1. The van der Waals surface area contributed by atoms with Crippen molar-refractivity contribution in [3.05, 3.63) is 77.6 Å². The molecular weight excluding hydrogens is 338 g/mol. The average molecular weight is 363 g/mol. The van der Waals surface area contributed by atoms with Crippen molar-refractivity contribution >= 4 is 0 Å². The van der Waals surface area contributed by atoms with Gasteiger partial charge in [-0.1, -0.05) is 24.3 Å². The normalized spacial score (nSPS) is 19.9. The molecule has 2 atom stereocenters. The van der Waals surface area contributed by atoms with Gasteiger partial charge >= 0.3 is 0 Å². The summed E-state index contributed by atoms with van der Waals surface area (Å²) in [5, 5.41) is 7.36. The van der Waals surface area contributed by atoms with E-state index in [9.17, 15) is 0 Å². The van der Waals surface area contributed by atoms with Gasteiger partial charge in [-0.3, -0.25) is 10.00 Å². The molecule has 0 saturated carbocycles. The third-order valence-corrected chi connectivity index (χ3v) is 5.40. The Morgan fingerprint density at radius 2 is 1.74 bits per heavy atom. The van der Waals surface area contributed by atoms with E-state index in [0.29, 0.717) is 11.8 Å². The number of hydrogen-bond acceptors (Lipinski definition) is 4. The molecule has 1 fully saturated rings. The third kappa shape index (κ3) is 3.83. The zero-order valence-electron chi connectivity index (χ0n) is 15.8. The van der Waals surface area contributed by atoms with Crippen molar-refractivity contribution < 1.29 is 9.47 Å². The first-order valence-electron chi connectivity index (χ1n) is 9.25. The van der Waals surface area contributed by atoms with Crippen LogP contribution in [0.5, 0.6) is 11.5 Å². The summed E-state index contributed by atoms with van der Waals surface area (Å²) in [6.45, 7) is 2.91. The zero-order valence-corrected chi connectivity index (χ0v) is 15.8. The number of rotatable bonds is 6. The van der Waals surface area contributed by atoms with Gasteiger partial charge in [0, 0.05) is 43.4 Å². The van der Waals surface area contributed by atoms with Gasteiger partial charge in [0.2, 0.25) is 0 Å². The quantitative estimate of drug-likeness (QED) is 0.724. The van der Waals surface area contributed by atoms with Crippen molar-refractivity contribution in [1.29, 1.82) is 0 Å². The van der Waals surface area contributed by atoms with Crippen LogP contribution in [-0.4, -0.2) is 42.4 Å². The van der Waals surface area contributed by atoms with Crippen LogP contribution in [0.1, 0.15) is 28.7 Å². The van der Waals surface area contributed by atoms with E-state index in [2.05, 4.69) is 51.5 Å². The highest BCUT2D eigenvalue weighted by Crippen LogP contribution is 2.40. The summed E-state index contributed by atoms with van der Waals surface area (Å²) in [7, 11) is 3.41. The third-order valence-electron chi connectivity index (χ3n) is 5.40. The second kappa shape index (κ2) is 7.84. The Morgan fingerprint density at radius 3 is 2.44 bits per heavy atom. The largest absolute Gasteiger partial charge is 0.497 e. The molecule has 2 aromatic carbocycles. The molecule has 5 heteroatoms. The maximum Gasteiger partial charge on any atom is 0.119 e. The molecule has 1 aliphatic heterocycles. The Kier molecular flexibility index (Phi) is 5.12. The van der Waals surface area contributed by atoms with Crippen molar-refractivity contribution in [3.63, 3.8) is 0 Å². The Hall–Kier alpha value is -2.79. The summed E-state index contributed by atoms with van der Waals surface area (Å²) < 4.78 is 10.7. The van der Waals surface area contributed by atoms with Crippen LogP contribution >= 0.6 is 0 Å². The number of benzene rings is 2. The van der Waals surface area contributed by atoms with Gasteiger partial charge in [-0.05, 0) is 41.5 Å². The molecule has 0 amide bonds. The molecule has 0 aliphatic carbocycles. The average Bonchev–Trinajstić information content (AvgIpc) is 3.38. The molecule has 5 nitrogen and oxygen atoms in total. The van der Waals surface area contributed by atoms with Crippen molar-refractivity contribution in [1.82, 2.24) is 15.1 Å². The lowest BCUT2D eigenvalue weighted by Crippen LogP contribution is -2.20. The van der Waals surface area contributed by atoms with Gasteiger partial charge in [-0.15, -0.1) is 0 Å². The SMILES string of the molecule is COc1ccc([C@@H]2CN(Cc3cccc(OC)c3)C[C@H]2c2ccn[nH]2)cc1. The van der Waals surface area contributed by atoms with E-state index < -0.39 is 0 Å². The van der Waals surface area contributed by atoms with Crippen molar-refractivity contribution in [2.75, 3.05) is 27.3 Å². The number of aromatic amines is 1. The Bertz CT molecular complexity index is 862.